The standard InChI is InChI=1S/C17H26O2/c1-10(18)19-17(2)9-13-7-8-14(17)16-12-5-3-11(4-6-12)15(13)16/h11-16H,3-9H2,1-2H3. The van der Waals surface area contributed by atoms with Crippen LogP contribution < -0.4 is 0 Å². The Labute approximate surface area is 116 Å². The molecule has 6 aliphatic rings. The molecule has 0 radical (unpaired) electrons. The predicted molar refractivity (Wildman–Crippen MR) is 73.4 cm³/mol. The lowest BCUT2D eigenvalue weighted by Crippen LogP contribution is -2.61. The normalized spacial score (nSPS) is 54.8. The molecular weight excluding hydrogens is 236 g/mol. The van der Waals surface area contributed by atoms with Gasteiger partial charge in [-0.3, -0.25) is 4.79 Å². The highest BCUT2D eigenvalue weighted by molar-refractivity contribution is 5.66. The third-order valence-corrected chi connectivity index (χ3v) is 7.04. The monoisotopic (exact) mass is 262 g/mol. The minimum Gasteiger partial charge on any atom is -0.459 e. The van der Waals surface area contributed by atoms with Gasteiger partial charge in [-0.05, 0) is 81.5 Å². The summed E-state index contributed by atoms with van der Waals surface area (Å²) in [6.07, 6.45) is 9.71. The Morgan fingerprint density at radius 1 is 0.947 bits per heavy atom. The van der Waals surface area contributed by atoms with E-state index in [1.54, 1.807) is 6.92 Å². The molecule has 0 N–H and O–H groups in total. The van der Waals surface area contributed by atoms with Gasteiger partial charge in [0.25, 0.3) is 0 Å². The summed E-state index contributed by atoms with van der Waals surface area (Å²) in [5, 5.41) is 0. The first-order valence-corrected chi connectivity index (χ1v) is 8.28. The van der Waals surface area contributed by atoms with Crippen molar-refractivity contribution in [3.63, 3.8) is 0 Å². The van der Waals surface area contributed by atoms with Crippen LogP contribution in [-0.2, 0) is 9.53 Å². The average Bonchev–Trinajstić information content (AvgIpc) is 2.39. The Morgan fingerprint density at radius 3 is 2.16 bits per heavy atom. The number of carbonyl (C=O) groups excluding carboxylic acids is 1. The molecule has 2 heteroatoms. The zero-order valence-corrected chi connectivity index (χ0v) is 12.2. The highest BCUT2D eigenvalue weighted by Gasteiger charge is 2.61. The maximum atomic E-state index is 11.5. The van der Waals surface area contributed by atoms with E-state index in [4.69, 9.17) is 4.74 Å². The molecule has 0 aromatic rings. The molecule has 2 nitrogen and oxygen atoms in total. The second-order valence-corrected chi connectivity index (χ2v) is 7.88. The van der Waals surface area contributed by atoms with E-state index in [1.165, 1.54) is 38.5 Å². The van der Waals surface area contributed by atoms with Gasteiger partial charge in [-0.1, -0.05) is 0 Å². The third-order valence-electron chi connectivity index (χ3n) is 7.04. The largest absolute Gasteiger partial charge is 0.459 e. The van der Waals surface area contributed by atoms with Crippen molar-refractivity contribution in [3.05, 3.63) is 0 Å². The number of hydrogen-bond donors (Lipinski definition) is 0. The molecule has 5 unspecified atom stereocenters. The molecule has 0 amide bonds. The van der Waals surface area contributed by atoms with Gasteiger partial charge in [-0.2, -0.15) is 0 Å². The van der Waals surface area contributed by atoms with Crippen molar-refractivity contribution < 1.29 is 9.53 Å². The van der Waals surface area contributed by atoms with Crippen molar-refractivity contribution in [2.24, 2.45) is 35.5 Å². The summed E-state index contributed by atoms with van der Waals surface area (Å²) < 4.78 is 5.83. The van der Waals surface area contributed by atoms with E-state index in [9.17, 15) is 4.79 Å². The molecule has 6 rings (SSSR count). The lowest BCUT2D eigenvalue weighted by atomic mass is 9.42. The SMILES string of the molecule is CC(=O)OC1(C)CC2CCC1C1C3CCC(CC3)C21. The van der Waals surface area contributed by atoms with E-state index < -0.39 is 0 Å². The van der Waals surface area contributed by atoms with Gasteiger partial charge in [0.15, 0.2) is 0 Å². The second kappa shape index (κ2) is 3.99. The van der Waals surface area contributed by atoms with Crippen LogP contribution in [0.15, 0.2) is 0 Å². The molecule has 0 spiro atoms. The van der Waals surface area contributed by atoms with Gasteiger partial charge >= 0.3 is 5.97 Å². The maximum absolute atomic E-state index is 11.5. The molecule has 6 aliphatic carbocycles. The van der Waals surface area contributed by atoms with Crippen molar-refractivity contribution in [1.29, 1.82) is 0 Å². The van der Waals surface area contributed by atoms with Crippen LogP contribution in [-0.4, -0.2) is 11.6 Å². The van der Waals surface area contributed by atoms with Crippen LogP contribution in [0, 0.1) is 35.5 Å². The Kier molecular flexibility index (Phi) is 2.57. The molecule has 0 saturated heterocycles. The number of esters is 1. The van der Waals surface area contributed by atoms with Crippen LogP contribution in [0.1, 0.15) is 58.8 Å². The highest BCUT2D eigenvalue weighted by Crippen LogP contribution is 2.65. The van der Waals surface area contributed by atoms with Crippen LogP contribution in [0.2, 0.25) is 0 Å². The molecule has 0 aromatic carbocycles. The topological polar surface area (TPSA) is 26.3 Å². The van der Waals surface area contributed by atoms with Crippen LogP contribution >= 0.6 is 0 Å². The zero-order valence-electron chi connectivity index (χ0n) is 12.2. The van der Waals surface area contributed by atoms with E-state index >= 15 is 0 Å². The fourth-order valence-electron chi connectivity index (χ4n) is 6.69. The molecular formula is C17H26O2. The van der Waals surface area contributed by atoms with E-state index in [0.29, 0.717) is 5.92 Å². The molecule has 0 heterocycles. The third kappa shape index (κ3) is 1.64. The summed E-state index contributed by atoms with van der Waals surface area (Å²) in [5.41, 5.74) is -0.145. The van der Waals surface area contributed by atoms with Crippen LogP contribution in [0.5, 0.6) is 0 Å². The Hall–Kier alpha value is -0.530. The van der Waals surface area contributed by atoms with Crippen molar-refractivity contribution >= 4 is 5.97 Å². The van der Waals surface area contributed by atoms with Gasteiger partial charge in [0.1, 0.15) is 5.60 Å². The zero-order chi connectivity index (χ0) is 13.2. The van der Waals surface area contributed by atoms with Gasteiger partial charge in [-0.15, -0.1) is 0 Å². The molecule has 5 atom stereocenters. The van der Waals surface area contributed by atoms with Crippen LogP contribution in [0.25, 0.3) is 0 Å². The van der Waals surface area contributed by atoms with Crippen molar-refractivity contribution in [3.8, 4) is 0 Å². The molecule has 106 valence electrons. The van der Waals surface area contributed by atoms with Gasteiger partial charge in [0.05, 0.1) is 0 Å². The number of ether oxygens (including phenoxy) is 1. The number of rotatable bonds is 1. The average molecular weight is 262 g/mol. The number of carbonyl (C=O) groups is 1. The first-order valence-electron chi connectivity index (χ1n) is 8.28. The summed E-state index contributed by atoms with van der Waals surface area (Å²) in [7, 11) is 0. The number of hydrogen-bond acceptors (Lipinski definition) is 2. The Morgan fingerprint density at radius 2 is 1.53 bits per heavy atom. The molecule has 19 heavy (non-hydrogen) atoms. The van der Waals surface area contributed by atoms with Gasteiger partial charge in [0.2, 0.25) is 0 Å². The summed E-state index contributed by atoms with van der Waals surface area (Å²) in [6, 6.07) is 0. The Bertz CT molecular complexity index is 396. The summed E-state index contributed by atoms with van der Waals surface area (Å²) >= 11 is 0. The summed E-state index contributed by atoms with van der Waals surface area (Å²) in [5.74, 6) is 5.22. The van der Waals surface area contributed by atoms with Gasteiger partial charge < -0.3 is 4.74 Å². The lowest BCUT2D eigenvalue weighted by Gasteiger charge is -2.64. The summed E-state index contributed by atoms with van der Waals surface area (Å²) in [6.45, 7) is 3.81. The predicted octanol–water partition coefficient (Wildman–Crippen LogP) is 3.79. The van der Waals surface area contributed by atoms with Gasteiger partial charge in [-0.25, -0.2) is 0 Å². The van der Waals surface area contributed by atoms with E-state index in [0.717, 1.165) is 36.0 Å². The Balaban J connectivity index is 1.67. The smallest absolute Gasteiger partial charge is 0.303 e. The molecule has 6 fully saturated rings. The van der Waals surface area contributed by atoms with Crippen molar-refractivity contribution in [2.75, 3.05) is 0 Å². The van der Waals surface area contributed by atoms with Gasteiger partial charge in [0, 0.05) is 12.8 Å². The van der Waals surface area contributed by atoms with E-state index in [1.807, 2.05) is 0 Å². The first kappa shape index (κ1) is 12.2. The lowest BCUT2D eigenvalue weighted by molar-refractivity contribution is -0.216. The highest BCUT2D eigenvalue weighted by atomic mass is 16.6. The molecule has 0 aliphatic heterocycles. The number of fused-ring (bicyclic) bond motifs is 4. The van der Waals surface area contributed by atoms with Crippen molar-refractivity contribution in [1.82, 2.24) is 0 Å². The first-order chi connectivity index (χ1) is 9.08. The van der Waals surface area contributed by atoms with Crippen LogP contribution in [0.4, 0.5) is 0 Å². The van der Waals surface area contributed by atoms with E-state index in [2.05, 4.69) is 6.92 Å². The van der Waals surface area contributed by atoms with Crippen molar-refractivity contribution in [2.45, 2.75) is 64.4 Å². The summed E-state index contributed by atoms with van der Waals surface area (Å²) in [4.78, 5) is 11.5. The minimum absolute atomic E-state index is 0.0763. The minimum atomic E-state index is -0.145. The maximum Gasteiger partial charge on any atom is 0.303 e. The molecule has 4 bridgehead atoms. The molecule has 6 saturated carbocycles. The fourth-order valence-corrected chi connectivity index (χ4v) is 6.69. The quantitative estimate of drug-likeness (QED) is 0.672. The van der Waals surface area contributed by atoms with E-state index in [-0.39, 0.29) is 11.6 Å². The second-order valence-electron chi connectivity index (χ2n) is 7.88. The fraction of sp³-hybridized carbons (Fsp3) is 0.941. The molecule has 0 aromatic heterocycles. The van der Waals surface area contributed by atoms with Crippen LogP contribution in [0.3, 0.4) is 0 Å².